The van der Waals surface area contributed by atoms with Gasteiger partial charge in [0.1, 0.15) is 5.82 Å². The number of rotatable bonds is 7. The lowest BCUT2D eigenvalue weighted by Crippen LogP contribution is -2.30. The van der Waals surface area contributed by atoms with Crippen LogP contribution in [0, 0.1) is 12.3 Å². The number of halogens is 3. The van der Waals surface area contributed by atoms with Gasteiger partial charge in [0.25, 0.3) is 0 Å². The molecule has 0 aromatic heterocycles. The molecular weight excluding hydrogens is 381 g/mol. The van der Waals surface area contributed by atoms with Gasteiger partial charge in [-0.3, -0.25) is 4.79 Å². The van der Waals surface area contributed by atoms with E-state index in [-0.39, 0.29) is 28.6 Å². The van der Waals surface area contributed by atoms with Gasteiger partial charge in [-0.1, -0.05) is 25.0 Å². The topological polar surface area (TPSA) is 82.2 Å². The Hall–Kier alpha value is -2.35. The largest absolute Gasteiger partial charge is 0.416 e. The quantitative estimate of drug-likeness (QED) is 0.595. The van der Waals surface area contributed by atoms with Crippen molar-refractivity contribution in [3.05, 3.63) is 46.8 Å². The molecular formula is C21H29F3N4O. The lowest BCUT2D eigenvalue weighted by molar-refractivity contribution is -0.138. The van der Waals surface area contributed by atoms with E-state index in [2.05, 4.69) is 10.2 Å². The number of likely N-dealkylation sites (tertiary alicyclic amines) is 1. The molecule has 0 spiro atoms. The summed E-state index contributed by atoms with van der Waals surface area (Å²) in [6, 6.07) is 3.66. The molecule has 1 amide bonds. The molecule has 0 unspecified atom stereocenters. The van der Waals surface area contributed by atoms with E-state index in [9.17, 15) is 18.0 Å². The number of hydrogen-bond donors (Lipinski definition) is 3. The highest BCUT2D eigenvalue weighted by atomic mass is 19.4. The minimum atomic E-state index is -4.49. The fraction of sp³-hybridized carbons (Fsp3) is 0.524. The van der Waals surface area contributed by atoms with Crippen molar-refractivity contribution in [2.45, 2.75) is 51.6 Å². The standard InChI is InChI=1S/C21H29F3N4O/c1-15-16(8-6-9-17(15)21(22,23)24)18(25)14-19(26)27-20(29)10-7-13-28-11-4-2-3-5-12-28/h6,8-9,14,25H,2-5,7,10-13,26H2,1H3,(H,27,29)/b19-14+,25-18?. The number of hydrogen-bond acceptors (Lipinski definition) is 4. The molecule has 0 bridgehead atoms. The van der Waals surface area contributed by atoms with Crippen LogP contribution in [-0.4, -0.2) is 36.2 Å². The zero-order valence-corrected chi connectivity index (χ0v) is 16.7. The first-order chi connectivity index (χ1) is 13.7. The van der Waals surface area contributed by atoms with Crippen LogP contribution in [0.4, 0.5) is 13.2 Å². The second-order valence-electron chi connectivity index (χ2n) is 7.40. The van der Waals surface area contributed by atoms with Gasteiger partial charge in [-0.25, -0.2) is 0 Å². The SMILES string of the molecule is Cc1c(C(=N)/C=C(\N)NC(=O)CCCN2CCCCCC2)cccc1C(F)(F)F. The Kier molecular flexibility index (Phi) is 8.25. The Bertz CT molecular complexity index is 751. The molecule has 0 radical (unpaired) electrons. The number of nitrogens with one attached hydrogen (secondary N) is 2. The fourth-order valence-corrected chi connectivity index (χ4v) is 3.55. The number of nitrogens with two attached hydrogens (primary N) is 1. The summed E-state index contributed by atoms with van der Waals surface area (Å²) in [6.07, 6.45) is 2.61. The second kappa shape index (κ2) is 10.4. The van der Waals surface area contributed by atoms with Crippen molar-refractivity contribution in [3.8, 4) is 0 Å². The molecule has 0 atom stereocenters. The van der Waals surface area contributed by atoms with Gasteiger partial charge in [0.05, 0.1) is 11.3 Å². The molecule has 4 N–H and O–H groups in total. The van der Waals surface area contributed by atoms with Gasteiger partial charge in [0.2, 0.25) is 5.91 Å². The number of nitrogens with zero attached hydrogens (tertiary/aromatic N) is 1. The Morgan fingerprint density at radius 1 is 1.24 bits per heavy atom. The van der Waals surface area contributed by atoms with Crippen LogP contribution in [0.2, 0.25) is 0 Å². The Balaban J connectivity index is 1.88. The van der Waals surface area contributed by atoms with Gasteiger partial charge in [-0.05, 0) is 57.5 Å². The average Bonchev–Trinajstić information content (AvgIpc) is 2.89. The summed E-state index contributed by atoms with van der Waals surface area (Å²) in [5.41, 5.74) is 4.89. The molecule has 0 aliphatic carbocycles. The molecule has 0 saturated carbocycles. The van der Waals surface area contributed by atoms with Crippen LogP contribution < -0.4 is 11.1 Å². The third kappa shape index (κ3) is 7.20. The number of allylic oxidation sites excluding steroid dienone is 1. The maximum absolute atomic E-state index is 13.0. The molecule has 1 aliphatic heterocycles. The van der Waals surface area contributed by atoms with E-state index in [1.165, 1.54) is 50.8 Å². The summed E-state index contributed by atoms with van der Waals surface area (Å²) in [5, 5.41) is 10.6. The summed E-state index contributed by atoms with van der Waals surface area (Å²) >= 11 is 0. The van der Waals surface area contributed by atoms with Gasteiger partial charge in [-0.15, -0.1) is 0 Å². The van der Waals surface area contributed by atoms with Crippen LogP contribution >= 0.6 is 0 Å². The van der Waals surface area contributed by atoms with E-state index in [0.717, 1.165) is 25.7 Å². The predicted octanol–water partition coefficient (Wildman–Crippen LogP) is 3.95. The van der Waals surface area contributed by atoms with E-state index < -0.39 is 11.7 Å². The first-order valence-corrected chi connectivity index (χ1v) is 9.93. The molecule has 1 fully saturated rings. The predicted molar refractivity (Wildman–Crippen MR) is 108 cm³/mol. The highest BCUT2D eigenvalue weighted by Crippen LogP contribution is 2.33. The molecule has 1 aromatic carbocycles. The van der Waals surface area contributed by atoms with E-state index in [4.69, 9.17) is 11.1 Å². The number of carbonyl (C=O) groups excluding carboxylic acids is 1. The van der Waals surface area contributed by atoms with E-state index in [1.54, 1.807) is 0 Å². The molecule has 2 rings (SSSR count). The van der Waals surface area contributed by atoms with E-state index >= 15 is 0 Å². The fourth-order valence-electron chi connectivity index (χ4n) is 3.55. The van der Waals surface area contributed by atoms with Crippen LogP contribution in [0.25, 0.3) is 0 Å². The van der Waals surface area contributed by atoms with Crippen LogP contribution in [0.1, 0.15) is 55.2 Å². The maximum Gasteiger partial charge on any atom is 0.416 e. The molecule has 29 heavy (non-hydrogen) atoms. The third-order valence-electron chi connectivity index (χ3n) is 5.09. The van der Waals surface area contributed by atoms with Crippen molar-refractivity contribution in [2.75, 3.05) is 19.6 Å². The van der Waals surface area contributed by atoms with Crippen molar-refractivity contribution < 1.29 is 18.0 Å². The highest BCUT2D eigenvalue weighted by Gasteiger charge is 2.33. The number of amides is 1. The Labute approximate surface area is 169 Å². The molecule has 5 nitrogen and oxygen atoms in total. The second-order valence-corrected chi connectivity index (χ2v) is 7.40. The molecule has 1 heterocycles. The number of carbonyl (C=O) groups is 1. The molecule has 1 aliphatic rings. The minimum absolute atomic E-state index is 0.0437. The summed E-state index contributed by atoms with van der Waals surface area (Å²) in [4.78, 5) is 14.4. The smallest absolute Gasteiger partial charge is 0.385 e. The lowest BCUT2D eigenvalue weighted by atomic mass is 9.98. The molecule has 1 aromatic rings. The molecule has 1 saturated heterocycles. The summed E-state index contributed by atoms with van der Waals surface area (Å²) in [5.74, 6) is -0.311. The van der Waals surface area contributed by atoms with E-state index in [0.29, 0.717) is 12.8 Å². The van der Waals surface area contributed by atoms with Crippen molar-refractivity contribution in [2.24, 2.45) is 5.73 Å². The van der Waals surface area contributed by atoms with Crippen LogP contribution in [0.15, 0.2) is 30.1 Å². The van der Waals surface area contributed by atoms with Crippen molar-refractivity contribution >= 4 is 11.6 Å². The van der Waals surface area contributed by atoms with Crippen molar-refractivity contribution in [1.29, 1.82) is 5.41 Å². The van der Waals surface area contributed by atoms with Crippen LogP contribution in [-0.2, 0) is 11.0 Å². The summed E-state index contributed by atoms with van der Waals surface area (Å²) in [7, 11) is 0. The summed E-state index contributed by atoms with van der Waals surface area (Å²) in [6.45, 7) is 4.31. The first kappa shape index (κ1) is 22.9. The number of alkyl halides is 3. The molecule has 8 heteroatoms. The van der Waals surface area contributed by atoms with Gasteiger partial charge < -0.3 is 21.4 Å². The highest BCUT2D eigenvalue weighted by molar-refractivity contribution is 6.08. The van der Waals surface area contributed by atoms with Gasteiger partial charge in [0.15, 0.2) is 0 Å². The van der Waals surface area contributed by atoms with Crippen LogP contribution in [0.3, 0.4) is 0 Å². The normalized spacial score (nSPS) is 16.3. The minimum Gasteiger partial charge on any atom is -0.385 e. The maximum atomic E-state index is 13.0. The zero-order valence-electron chi connectivity index (χ0n) is 16.7. The summed E-state index contributed by atoms with van der Waals surface area (Å²) < 4.78 is 39.1. The van der Waals surface area contributed by atoms with Crippen molar-refractivity contribution in [1.82, 2.24) is 10.2 Å². The van der Waals surface area contributed by atoms with Gasteiger partial charge >= 0.3 is 6.18 Å². The Morgan fingerprint density at radius 2 is 1.90 bits per heavy atom. The lowest BCUT2D eigenvalue weighted by Gasteiger charge is -2.19. The first-order valence-electron chi connectivity index (χ1n) is 9.93. The molecule has 160 valence electrons. The monoisotopic (exact) mass is 410 g/mol. The average molecular weight is 410 g/mol. The third-order valence-corrected chi connectivity index (χ3v) is 5.09. The van der Waals surface area contributed by atoms with E-state index in [1.807, 2.05) is 0 Å². The van der Waals surface area contributed by atoms with Gasteiger partial charge in [0, 0.05) is 18.1 Å². The van der Waals surface area contributed by atoms with Crippen LogP contribution in [0.5, 0.6) is 0 Å². The zero-order chi connectivity index (χ0) is 21.4. The number of benzene rings is 1. The van der Waals surface area contributed by atoms with Gasteiger partial charge in [-0.2, -0.15) is 13.2 Å². The van der Waals surface area contributed by atoms with Crippen molar-refractivity contribution in [3.63, 3.8) is 0 Å². The Morgan fingerprint density at radius 3 is 2.52 bits per heavy atom.